The van der Waals surface area contributed by atoms with Gasteiger partial charge in [0.05, 0.1) is 12.3 Å². The van der Waals surface area contributed by atoms with Gasteiger partial charge in [0.2, 0.25) is 5.91 Å². The van der Waals surface area contributed by atoms with Gasteiger partial charge in [-0.25, -0.2) is 0 Å². The van der Waals surface area contributed by atoms with Crippen LogP contribution in [0.15, 0.2) is 35.5 Å². The number of rotatable bonds is 9. The van der Waals surface area contributed by atoms with E-state index in [0.29, 0.717) is 30.9 Å². The fraction of sp³-hybridized carbons (Fsp3) is 0.500. The Bertz CT molecular complexity index is 726. The summed E-state index contributed by atoms with van der Waals surface area (Å²) >= 11 is 1.48. The number of thioether (sulfide) groups is 1. The van der Waals surface area contributed by atoms with Crippen molar-refractivity contribution in [2.75, 3.05) is 18.9 Å². The molecular weight excluding hydrogens is 336 g/mol. The second kappa shape index (κ2) is 7.47. The molecule has 0 atom stereocenters. The van der Waals surface area contributed by atoms with Gasteiger partial charge < -0.3 is 14.6 Å². The van der Waals surface area contributed by atoms with E-state index in [1.54, 1.807) is 0 Å². The highest BCUT2D eigenvalue weighted by Crippen LogP contribution is 2.45. The minimum Gasteiger partial charge on any atom is -0.492 e. The largest absolute Gasteiger partial charge is 0.492 e. The maximum absolute atomic E-state index is 12.0. The Hall–Kier alpha value is -2.02. The van der Waals surface area contributed by atoms with Gasteiger partial charge in [-0.05, 0) is 37.8 Å². The lowest BCUT2D eigenvalue weighted by Gasteiger charge is -2.09. The van der Waals surface area contributed by atoms with Crippen molar-refractivity contribution < 1.29 is 9.53 Å². The molecule has 0 aliphatic heterocycles. The minimum absolute atomic E-state index is 0.0000180. The summed E-state index contributed by atoms with van der Waals surface area (Å²) in [5.41, 5.74) is 0. The summed E-state index contributed by atoms with van der Waals surface area (Å²) in [6.45, 7) is 0.960. The van der Waals surface area contributed by atoms with Crippen molar-refractivity contribution in [1.82, 2.24) is 20.1 Å². The Morgan fingerprint density at radius 1 is 1.20 bits per heavy atom. The predicted octanol–water partition coefficient (Wildman–Crippen LogP) is 2.78. The van der Waals surface area contributed by atoms with Crippen LogP contribution in [0.5, 0.6) is 5.75 Å². The molecule has 132 valence electrons. The summed E-state index contributed by atoms with van der Waals surface area (Å²) in [6, 6.07) is 10.2. The Labute approximate surface area is 151 Å². The Balaban J connectivity index is 1.21. The van der Waals surface area contributed by atoms with E-state index in [2.05, 4.69) is 20.1 Å². The third-order valence-corrected chi connectivity index (χ3v) is 5.26. The van der Waals surface area contributed by atoms with Crippen LogP contribution in [0.2, 0.25) is 0 Å². The summed E-state index contributed by atoms with van der Waals surface area (Å²) in [6.07, 6.45) is 4.84. The SMILES string of the molecule is O=C(CSc1nnc(C2CC2)n1C1CC1)NCCOc1ccccc1. The molecule has 0 bridgehead atoms. The van der Waals surface area contributed by atoms with Crippen molar-refractivity contribution in [3.63, 3.8) is 0 Å². The van der Waals surface area contributed by atoms with Crippen molar-refractivity contribution in [2.45, 2.75) is 42.8 Å². The molecule has 2 saturated carbocycles. The highest BCUT2D eigenvalue weighted by atomic mass is 32.2. The van der Waals surface area contributed by atoms with Crippen molar-refractivity contribution >= 4 is 17.7 Å². The molecule has 2 aliphatic rings. The van der Waals surface area contributed by atoms with Gasteiger partial charge in [0.1, 0.15) is 18.2 Å². The van der Waals surface area contributed by atoms with Crippen LogP contribution in [0.25, 0.3) is 0 Å². The number of para-hydroxylation sites is 1. The van der Waals surface area contributed by atoms with Crippen LogP contribution in [0.4, 0.5) is 0 Å². The molecule has 25 heavy (non-hydrogen) atoms. The fourth-order valence-electron chi connectivity index (χ4n) is 2.74. The van der Waals surface area contributed by atoms with Crippen LogP contribution in [-0.4, -0.2) is 39.6 Å². The van der Waals surface area contributed by atoms with Crippen LogP contribution < -0.4 is 10.1 Å². The average molecular weight is 358 g/mol. The highest BCUT2D eigenvalue weighted by Gasteiger charge is 2.36. The lowest BCUT2D eigenvalue weighted by atomic mass is 10.3. The minimum atomic E-state index is -0.0000180. The van der Waals surface area contributed by atoms with Gasteiger partial charge in [-0.1, -0.05) is 30.0 Å². The van der Waals surface area contributed by atoms with E-state index in [-0.39, 0.29) is 5.91 Å². The van der Waals surface area contributed by atoms with E-state index in [1.165, 1.54) is 37.4 Å². The molecule has 4 rings (SSSR count). The molecule has 0 unspecified atom stereocenters. The summed E-state index contributed by atoms with van der Waals surface area (Å²) in [5.74, 6) is 2.89. The first-order chi connectivity index (χ1) is 12.3. The van der Waals surface area contributed by atoms with Crippen LogP contribution in [0.1, 0.15) is 43.5 Å². The number of carbonyl (C=O) groups excluding carboxylic acids is 1. The van der Waals surface area contributed by atoms with Crippen LogP contribution in [0, 0.1) is 0 Å². The number of ether oxygens (including phenoxy) is 1. The molecule has 2 aromatic rings. The monoisotopic (exact) mass is 358 g/mol. The van der Waals surface area contributed by atoms with Gasteiger partial charge in [0, 0.05) is 12.0 Å². The van der Waals surface area contributed by atoms with Crippen LogP contribution in [-0.2, 0) is 4.79 Å². The Morgan fingerprint density at radius 3 is 2.72 bits per heavy atom. The molecule has 0 radical (unpaired) electrons. The first-order valence-corrected chi connectivity index (χ1v) is 9.82. The van der Waals surface area contributed by atoms with Gasteiger partial charge in [0.25, 0.3) is 0 Å². The summed E-state index contributed by atoms with van der Waals surface area (Å²) in [7, 11) is 0. The lowest BCUT2D eigenvalue weighted by Crippen LogP contribution is -2.29. The normalized spacial score (nSPS) is 16.6. The topological polar surface area (TPSA) is 69.0 Å². The van der Waals surface area contributed by atoms with E-state index >= 15 is 0 Å². The zero-order chi connectivity index (χ0) is 17.1. The molecule has 6 nitrogen and oxygen atoms in total. The summed E-state index contributed by atoms with van der Waals surface area (Å²) < 4.78 is 7.84. The van der Waals surface area contributed by atoms with Crippen LogP contribution >= 0.6 is 11.8 Å². The first kappa shape index (κ1) is 16.4. The molecule has 1 aromatic carbocycles. The molecule has 1 amide bonds. The van der Waals surface area contributed by atoms with E-state index in [4.69, 9.17) is 4.74 Å². The standard InChI is InChI=1S/C18H22N4O2S/c23-16(19-10-11-24-15-4-2-1-3-5-15)12-25-18-21-20-17(13-6-7-13)22(18)14-8-9-14/h1-5,13-14H,6-12H2,(H,19,23). The van der Waals surface area contributed by atoms with Crippen molar-refractivity contribution in [1.29, 1.82) is 0 Å². The quantitative estimate of drug-likeness (QED) is 0.551. The maximum atomic E-state index is 12.0. The second-order valence-electron chi connectivity index (χ2n) is 6.52. The number of amides is 1. The zero-order valence-electron chi connectivity index (χ0n) is 14.1. The molecule has 1 aromatic heterocycles. The van der Waals surface area contributed by atoms with Gasteiger partial charge in [-0.3, -0.25) is 4.79 Å². The van der Waals surface area contributed by atoms with Gasteiger partial charge >= 0.3 is 0 Å². The fourth-order valence-corrected chi connectivity index (χ4v) is 3.58. The molecular formula is C18H22N4O2S. The molecule has 2 aliphatic carbocycles. The maximum Gasteiger partial charge on any atom is 0.230 e. The summed E-state index contributed by atoms with van der Waals surface area (Å²) in [5, 5.41) is 12.5. The highest BCUT2D eigenvalue weighted by molar-refractivity contribution is 7.99. The average Bonchev–Trinajstić information content (AvgIpc) is 3.56. The molecule has 0 spiro atoms. The smallest absolute Gasteiger partial charge is 0.230 e. The first-order valence-electron chi connectivity index (χ1n) is 8.83. The zero-order valence-corrected chi connectivity index (χ0v) is 14.9. The van der Waals surface area contributed by atoms with Gasteiger partial charge in [-0.2, -0.15) is 0 Å². The summed E-state index contributed by atoms with van der Waals surface area (Å²) in [4.78, 5) is 12.0. The van der Waals surface area contributed by atoms with Crippen molar-refractivity contribution in [3.05, 3.63) is 36.2 Å². The molecule has 2 fully saturated rings. The molecule has 7 heteroatoms. The van der Waals surface area contributed by atoms with E-state index in [0.717, 1.165) is 16.7 Å². The molecule has 0 saturated heterocycles. The van der Waals surface area contributed by atoms with Gasteiger partial charge in [0.15, 0.2) is 5.16 Å². The number of carbonyl (C=O) groups is 1. The van der Waals surface area contributed by atoms with E-state index < -0.39 is 0 Å². The molecule has 1 heterocycles. The van der Waals surface area contributed by atoms with Crippen LogP contribution in [0.3, 0.4) is 0 Å². The third-order valence-electron chi connectivity index (χ3n) is 4.31. The Morgan fingerprint density at radius 2 is 2.00 bits per heavy atom. The number of benzene rings is 1. The van der Waals surface area contributed by atoms with Gasteiger partial charge in [-0.15, -0.1) is 10.2 Å². The van der Waals surface area contributed by atoms with Crippen molar-refractivity contribution in [2.24, 2.45) is 0 Å². The number of hydrogen-bond acceptors (Lipinski definition) is 5. The number of hydrogen-bond donors (Lipinski definition) is 1. The number of nitrogens with zero attached hydrogens (tertiary/aromatic N) is 3. The second-order valence-corrected chi connectivity index (χ2v) is 7.46. The number of aromatic nitrogens is 3. The Kier molecular flexibility index (Phi) is 4.92. The van der Waals surface area contributed by atoms with E-state index in [1.807, 2.05) is 30.3 Å². The third kappa shape index (κ3) is 4.34. The molecule has 1 N–H and O–H groups in total. The number of nitrogens with one attached hydrogen (secondary N) is 1. The van der Waals surface area contributed by atoms with E-state index in [9.17, 15) is 4.79 Å². The predicted molar refractivity (Wildman–Crippen MR) is 95.9 cm³/mol. The van der Waals surface area contributed by atoms with Crippen molar-refractivity contribution in [3.8, 4) is 5.75 Å². The lowest BCUT2D eigenvalue weighted by molar-refractivity contribution is -0.118.